The summed E-state index contributed by atoms with van der Waals surface area (Å²) in [7, 11) is 0. The van der Waals surface area contributed by atoms with E-state index in [0.29, 0.717) is 10.7 Å². The number of piperidine rings is 1. The van der Waals surface area contributed by atoms with Crippen LogP contribution in [0.25, 0.3) is 0 Å². The number of halogens is 1. The minimum atomic E-state index is 0.690. The van der Waals surface area contributed by atoms with Gasteiger partial charge in [0.15, 0.2) is 0 Å². The molecule has 2 nitrogen and oxygen atoms in total. The number of hydrogen-bond acceptors (Lipinski definition) is 2. The number of nitrogens with two attached hydrogens (primary N) is 1. The van der Waals surface area contributed by atoms with Crippen molar-refractivity contribution in [2.24, 2.45) is 5.92 Å². The highest BCUT2D eigenvalue weighted by molar-refractivity contribution is 6.33. The Bertz CT molecular complexity index is 458. The molecule has 2 N–H and O–H groups in total. The fourth-order valence-electron chi connectivity index (χ4n) is 3.76. The van der Waals surface area contributed by atoms with Crippen molar-refractivity contribution in [3.63, 3.8) is 0 Å². The van der Waals surface area contributed by atoms with Crippen molar-refractivity contribution < 1.29 is 0 Å². The van der Waals surface area contributed by atoms with Gasteiger partial charge in [0.2, 0.25) is 0 Å². The minimum Gasteiger partial charge on any atom is -0.398 e. The van der Waals surface area contributed by atoms with Gasteiger partial charge in [-0.15, -0.1) is 0 Å². The SMILES string of the molecule is Cc1cc(N)c(Cl)cc1N1CCCC2CCCC21. The van der Waals surface area contributed by atoms with E-state index in [1.54, 1.807) is 0 Å². The van der Waals surface area contributed by atoms with Gasteiger partial charge in [-0.1, -0.05) is 18.0 Å². The van der Waals surface area contributed by atoms with Crippen LogP contribution in [0.4, 0.5) is 11.4 Å². The zero-order valence-electron chi connectivity index (χ0n) is 11.0. The van der Waals surface area contributed by atoms with Crippen molar-refractivity contribution in [2.45, 2.75) is 45.1 Å². The van der Waals surface area contributed by atoms with Gasteiger partial charge in [-0.2, -0.15) is 0 Å². The highest BCUT2D eigenvalue weighted by atomic mass is 35.5. The molecule has 3 rings (SSSR count). The maximum Gasteiger partial charge on any atom is 0.0656 e. The molecule has 1 saturated carbocycles. The Kier molecular flexibility index (Phi) is 3.14. The van der Waals surface area contributed by atoms with Crippen LogP contribution in [0.3, 0.4) is 0 Å². The first kappa shape index (κ1) is 12.2. The van der Waals surface area contributed by atoms with Crippen LogP contribution < -0.4 is 10.6 Å². The fraction of sp³-hybridized carbons (Fsp3) is 0.600. The van der Waals surface area contributed by atoms with Crippen LogP contribution in [0.1, 0.15) is 37.7 Å². The lowest BCUT2D eigenvalue weighted by atomic mass is 9.91. The predicted octanol–water partition coefficient (Wildman–Crippen LogP) is 4.00. The van der Waals surface area contributed by atoms with Crippen LogP contribution in [0, 0.1) is 12.8 Å². The molecule has 2 fully saturated rings. The molecular weight excluding hydrogens is 244 g/mol. The van der Waals surface area contributed by atoms with E-state index >= 15 is 0 Å². The highest BCUT2D eigenvalue weighted by Crippen LogP contribution is 2.41. The van der Waals surface area contributed by atoms with Gasteiger partial charge in [-0.25, -0.2) is 0 Å². The number of nitrogens with zero attached hydrogens (tertiary/aromatic N) is 1. The summed E-state index contributed by atoms with van der Waals surface area (Å²) in [5.74, 6) is 0.898. The Morgan fingerprint density at radius 1 is 1.22 bits per heavy atom. The van der Waals surface area contributed by atoms with Gasteiger partial charge in [0, 0.05) is 18.3 Å². The third-order valence-electron chi connectivity index (χ3n) is 4.62. The fourth-order valence-corrected chi connectivity index (χ4v) is 3.91. The summed E-state index contributed by atoms with van der Waals surface area (Å²) in [4.78, 5) is 2.59. The number of anilines is 2. The average molecular weight is 265 g/mol. The van der Waals surface area contributed by atoms with Gasteiger partial charge in [0.05, 0.1) is 10.7 Å². The predicted molar refractivity (Wildman–Crippen MR) is 78.3 cm³/mol. The van der Waals surface area contributed by atoms with Crippen LogP contribution in [-0.4, -0.2) is 12.6 Å². The van der Waals surface area contributed by atoms with Crippen LogP contribution >= 0.6 is 11.6 Å². The van der Waals surface area contributed by atoms with Gasteiger partial charge in [0.25, 0.3) is 0 Å². The largest absolute Gasteiger partial charge is 0.398 e. The molecule has 2 atom stereocenters. The lowest BCUT2D eigenvalue weighted by molar-refractivity contribution is 0.362. The first-order chi connectivity index (χ1) is 8.66. The maximum absolute atomic E-state index is 6.20. The van der Waals surface area contributed by atoms with Crippen molar-refractivity contribution >= 4 is 23.0 Å². The zero-order valence-corrected chi connectivity index (χ0v) is 11.7. The van der Waals surface area contributed by atoms with Gasteiger partial charge < -0.3 is 10.6 Å². The van der Waals surface area contributed by atoms with E-state index in [-0.39, 0.29) is 0 Å². The summed E-state index contributed by atoms with van der Waals surface area (Å²) >= 11 is 6.20. The van der Waals surface area contributed by atoms with Crippen LogP contribution in [0.15, 0.2) is 12.1 Å². The summed E-state index contributed by atoms with van der Waals surface area (Å²) in [6.07, 6.45) is 6.84. The second-order valence-electron chi connectivity index (χ2n) is 5.75. The number of benzene rings is 1. The second kappa shape index (κ2) is 4.65. The second-order valence-corrected chi connectivity index (χ2v) is 6.16. The molecule has 98 valence electrons. The lowest BCUT2D eigenvalue weighted by Crippen LogP contribution is -2.43. The van der Waals surface area contributed by atoms with Crippen LogP contribution in [-0.2, 0) is 0 Å². The summed E-state index contributed by atoms with van der Waals surface area (Å²) in [5, 5.41) is 0.690. The quantitative estimate of drug-likeness (QED) is 0.777. The van der Waals surface area contributed by atoms with Crippen molar-refractivity contribution in [2.75, 3.05) is 17.2 Å². The Balaban J connectivity index is 1.96. The molecule has 18 heavy (non-hydrogen) atoms. The van der Waals surface area contributed by atoms with E-state index in [9.17, 15) is 0 Å². The van der Waals surface area contributed by atoms with Crippen molar-refractivity contribution in [3.8, 4) is 0 Å². The minimum absolute atomic E-state index is 0.690. The summed E-state index contributed by atoms with van der Waals surface area (Å²) in [5.41, 5.74) is 9.12. The molecule has 0 bridgehead atoms. The third kappa shape index (κ3) is 1.97. The van der Waals surface area contributed by atoms with E-state index in [2.05, 4.69) is 17.9 Å². The molecule has 1 saturated heterocycles. The molecule has 0 spiro atoms. The van der Waals surface area contributed by atoms with E-state index in [4.69, 9.17) is 17.3 Å². The third-order valence-corrected chi connectivity index (χ3v) is 4.95. The Labute approximate surface area is 114 Å². The zero-order chi connectivity index (χ0) is 12.7. The van der Waals surface area contributed by atoms with E-state index in [1.807, 2.05) is 6.07 Å². The van der Waals surface area contributed by atoms with Crippen molar-refractivity contribution in [1.29, 1.82) is 0 Å². The highest BCUT2D eigenvalue weighted by Gasteiger charge is 2.35. The van der Waals surface area contributed by atoms with Gasteiger partial charge in [-0.05, 0) is 56.2 Å². The van der Waals surface area contributed by atoms with E-state index in [1.165, 1.54) is 49.9 Å². The molecule has 0 radical (unpaired) electrons. The molecule has 0 aromatic heterocycles. The molecule has 1 aromatic carbocycles. The molecule has 3 heteroatoms. The number of hydrogen-bond donors (Lipinski definition) is 1. The molecule has 2 aliphatic rings. The normalized spacial score (nSPS) is 27.3. The van der Waals surface area contributed by atoms with Crippen molar-refractivity contribution in [1.82, 2.24) is 0 Å². The molecular formula is C15H21ClN2. The Morgan fingerprint density at radius 3 is 2.83 bits per heavy atom. The number of nitrogen functional groups attached to an aromatic ring is 1. The number of aryl methyl sites for hydroxylation is 1. The number of fused-ring (bicyclic) bond motifs is 1. The van der Waals surface area contributed by atoms with Crippen molar-refractivity contribution in [3.05, 3.63) is 22.7 Å². The average Bonchev–Trinajstić information content (AvgIpc) is 2.82. The topological polar surface area (TPSA) is 29.3 Å². The standard InChI is InChI=1S/C15H21ClN2/c1-10-8-13(17)12(16)9-15(10)18-7-3-5-11-4-2-6-14(11)18/h8-9,11,14H,2-7,17H2,1H3. The van der Waals surface area contributed by atoms with Crippen LogP contribution in [0.2, 0.25) is 5.02 Å². The Hall–Kier alpha value is -0.890. The monoisotopic (exact) mass is 264 g/mol. The first-order valence-corrected chi connectivity index (χ1v) is 7.37. The maximum atomic E-state index is 6.20. The molecule has 1 aromatic rings. The summed E-state index contributed by atoms with van der Waals surface area (Å²) in [6.45, 7) is 3.31. The van der Waals surface area contributed by atoms with Gasteiger partial charge in [0.1, 0.15) is 0 Å². The Morgan fingerprint density at radius 2 is 2.00 bits per heavy atom. The molecule has 1 aliphatic carbocycles. The first-order valence-electron chi connectivity index (χ1n) is 6.99. The summed E-state index contributed by atoms with van der Waals surface area (Å²) in [6, 6.07) is 4.81. The number of rotatable bonds is 1. The van der Waals surface area contributed by atoms with E-state index in [0.717, 1.165) is 12.0 Å². The molecule has 0 amide bonds. The molecule has 1 heterocycles. The summed E-state index contributed by atoms with van der Waals surface area (Å²) < 4.78 is 0. The smallest absolute Gasteiger partial charge is 0.0656 e. The van der Waals surface area contributed by atoms with Gasteiger partial charge in [-0.3, -0.25) is 0 Å². The van der Waals surface area contributed by atoms with Gasteiger partial charge >= 0.3 is 0 Å². The molecule has 2 unspecified atom stereocenters. The van der Waals surface area contributed by atoms with E-state index < -0.39 is 0 Å². The lowest BCUT2D eigenvalue weighted by Gasteiger charge is -2.40. The van der Waals surface area contributed by atoms with Crippen LogP contribution in [0.5, 0.6) is 0 Å². The molecule has 1 aliphatic heterocycles.